The molecule has 0 bridgehead atoms. The molecule has 1 aromatic rings. The van der Waals surface area contributed by atoms with Gasteiger partial charge in [0.2, 0.25) is 0 Å². The van der Waals surface area contributed by atoms with E-state index in [1.807, 2.05) is 0 Å². The van der Waals surface area contributed by atoms with E-state index in [4.69, 9.17) is 0 Å². The van der Waals surface area contributed by atoms with Crippen LogP contribution in [-0.2, 0) is 0 Å². The first kappa shape index (κ1) is 9.86. The van der Waals surface area contributed by atoms with Gasteiger partial charge in [-0.25, -0.2) is 0 Å². The van der Waals surface area contributed by atoms with E-state index in [0.717, 1.165) is 0 Å². The van der Waals surface area contributed by atoms with Gasteiger partial charge in [-0.2, -0.15) is 0 Å². The van der Waals surface area contributed by atoms with Gasteiger partial charge in [-0.3, -0.25) is 0 Å². The van der Waals surface area contributed by atoms with Crippen LogP contribution in [0.5, 0.6) is 0 Å². The summed E-state index contributed by atoms with van der Waals surface area (Å²) >= 11 is 1.70. The Balaban J connectivity index is 2.89. The van der Waals surface area contributed by atoms with Crippen LogP contribution in [0, 0.1) is 0 Å². The predicted octanol–water partition coefficient (Wildman–Crippen LogP) is 2.41. The summed E-state index contributed by atoms with van der Waals surface area (Å²) < 4.78 is 2.63. The Morgan fingerprint density at radius 3 is 2.36 bits per heavy atom. The van der Waals surface area contributed by atoms with Crippen molar-refractivity contribution < 1.29 is 0 Å². The Labute approximate surface area is 80.5 Å². The van der Waals surface area contributed by atoms with Crippen molar-refractivity contribution >= 4 is 45.2 Å². The minimum absolute atomic E-state index is 1.21. The second kappa shape index (κ2) is 3.66. The van der Waals surface area contributed by atoms with Crippen LogP contribution in [0.25, 0.3) is 0 Å². The Kier molecular flexibility index (Phi) is 3.28. The van der Waals surface area contributed by atoms with Crippen LogP contribution >= 0.6 is 23.1 Å². The molecule has 0 aliphatic rings. The van der Waals surface area contributed by atoms with Crippen molar-refractivity contribution in [3.8, 4) is 0 Å². The summed E-state index contributed by atoms with van der Waals surface area (Å²) in [5, 5.41) is 2.24. The number of hydrogen-bond donors (Lipinski definition) is 0. The molecular formula is C7H13NS2Sn. The van der Waals surface area contributed by atoms with Crippen molar-refractivity contribution in [1.82, 2.24) is 4.98 Å². The number of hydrogen-bond acceptors (Lipinski definition) is 3. The third-order valence-corrected chi connectivity index (χ3v) is 9.00. The molecule has 4 heteroatoms. The number of thiazole rings is 1. The summed E-state index contributed by atoms with van der Waals surface area (Å²) in [7, 11) is 0. The van der Waals surface area contributed by atoms with Crippen molar-refractivity contribution in [2.45, 2.75) is 19.2 Å². The van der Waals surface area contributed by atoms with E-state index in [-0.39, 0.29) is 0 Å². The molecule has 0 aromatic carbocycles. The monoisotopic (exact) mass is 295 g/mol. The van der Waals surface area contributed by atoms with Gasteiger partial charge in [-0.05, 0) is 0 Å². The van der Waals surface area contributed by atoms with Crippen LogP contribution < -0.4 is 3.71 Å². The Hall–Kier alpha value is 0.779. The number of aromatic nitrogens is 1. The standard InChI is InChI=1S/C4H4NS2.3CH3.Sn/c1-6-4-5-2-3-7-4;;;;/h3H,1H3;3*1H3;. The Morgan fingerprint density at radius 2 is 2.09 bits per heavy atom. The maximum absolute atomic E-state index is 4.57. The van der Waals surface area contributed by atoms with E-state index in [2.05, 4.69) is 31.4 Å². The van der Waals surface area contributed by atoms with Gasteiger partial charge in [0.15, 0.2) is 0 Å². The number of rotatable bonds is 2. The Morgan fingerprint density at radius 1 is 1.45 bits per heavy atom. The van der Waals surface area contributed by atoms with Crippen LogP contribution in [0.3, 0.4) is 0 Å². The normalized spacial score (nSPS) is 12.0. The van der Waals surface area contributed by atoms with Gasteiger partial charge in [0.25, 0.3) is 0 Å². The van der Waals surface area contributed by atoms with Gasteiger partial charge in [0.1, 0.15) is 0 Å². The van der Waals surface area contributed by atoms with Crippen LogP contribution in [0.2, 0.25) is 14.8 Å². The molecule has 0 amide bonds. The average molecular weight is 294 g/mol. The van der Waals surface area contributed by atoms with E-state index in [1.165, 1.54) is 8.05 Å². The maximum atomic E-state index is 4.57. The van der Waals surface area contributed by atoms with E-state index in [0.29, 0.717) is 0 Å². The molecule has 1 heterocycles. The van der Waals surface area contributed by atoms with Crippen molar-refractivity contribution in [3.05, 3.63) is 5.38 Å². The van der Waals surface area contributed by atoms with Gasteiger partial charge >= 0.3 is 81.0 Å². The molecule has 0 spiro atoms. The summed E-state index contributed by atoms with van der Waals surface area (Å²) in [4.78, 5) is 11.8. The van der Waals surface area contributed by atoms with Gasteiger partial charge < -0.3 is 0 Å². The SMILES string of the molecule is CSc1n[c]([Sn]([CH3])([CH3])[CH3])cs1. The molecule has 0 aliphatic heterocycles. The van der Waals surface area contributed by atoms with Crippen molar-refractivity contribution in [1.29, 1.82) is 0 Å². The first-order valence-corrected chi connectivity index (χ1v) is 15.6. The molecule has 0 fully saturated rings. The van der Waals surface area contributed by atoms with Crippen LogP contribution in [-0.4, -0.2) is 29.6 Å². The third-order valence-electron chi connectivity index (χ3n) is 1.43. The van der Waals surface area contributed by atoms with Crippen molar-refractivity contribution in [3.63, 3.8) is 0 Å². The topological polar surface area (TPSA) is 12.9 Å². The molecule has 1 rings (SSSR count). The zero-order valence-electron chi connectivity index (χ0n) is 7.34. The molecule has 0 atom stereocenters. The van der Waals surface area contributed by atoms with Crippen molar-refractivity contribution in [2.24, 2.45) is 0 Å². The molecule has 1 nitrogen and oxygen atoms in total. The van der Waals surface area contributed by atoms with E-state index < -0.39 is 18.4 Å². The molecule has 0 saturated heterocycles. The third kappa shape index (κ3) is 2.63. The van der Waals surface area contributed by atoms with Gasteiger partial charge in [0, 0.05) is 0 Å². The Bertz CT molecular complexity index is 239. The summed E-state index contributed by atoms with van der Waals surface area (Å²) in [6, 6.07) is 0. The molecule has 0 radical (unpaired) electrons. The second-order valence-corrected chi connectivity index (χ2v) is 19.7. The minimum atomic E-state index is -1.83. The van der Waals surface area contributed by atoms with Gasteiger partial charge in [-0.1, -0.05) is 0 Å². The fraction of sp³-hybridized carbons (Fsp3) is 0.571. The summed E-state index contributed by atoms with van der Waals surface area (Å²) in [6.45, 7) is 0. The zero-order chi connectivity index (χ0) is 8.48. The number of thioether (sulfide) groups is 1. The molecule has 0 saturated carbocycles. The summed E-state index contributed by atoms with van der Waals surface area (Å²) in [6.07, 6.45) is 2.08. The molecular weight excluding hydrogens is 281 g/mol. The molecule has 1 aromatic heterocycles. The van der Waals surface area contributed by atoms with E-state index in [9.17, 15) is 0 Å². The fourth-order valence-electron chi connectivity index (χ4n) is 0.696. The summed E-state index contributed by atoms with van der Waals surface area (Å²) in [5.41, 5.74) is 0. The summed E-state index contributed by atoms with van der Waals surface area (Å²) in [5.74, 6) is 0. The van der Waals surface area contributed by atoms with E-state index in [1.54, 1.807) is 23.1 Å². The van der Waals surface area contributed by atoms with Crippen LogP contribution in [0.4, 0.5) is 0 Å². The second-order valence-electron chi connectivity index (χ2n) is 3.45. The number of nitrogens with zero attached hydrogens (tertiary/aromatic N) is 1. The molecule has 0 aliphatic carbocycles. The van der Waals surface area contributed by atoms with Crippen molar-refractivity contribution in [2.75, 3.05) is 6.26 Å². The van der Waals surface area contributed by atoms with E-state index >= 15 is 0 Å². The molecule has 0 unspecified atom stereocenters. The van der Waals surface area contributed by atoms with Crippen LogP contribution in [0.1, 0.15) is 0 Å². The first-order valence-electron chi connectivity index (χ1n) is 3.54. The van der Waals surface area contributed by atoms with Gasteiger partial charge in [0.05, 0.1) is 0 Å². The fourth-order valence-corrected chi connectivity index (χ4v) is 7.45. The molecule has 62 valence electrons. The quantitative estimate of drug-likeness (QED) is 0.613. The molecule has 0 N–H and O–H groups in total. The van der Waals surface area contributed by atoms with Crippen LogP contribution in [0.15, 0.2) is 9.72 Å². The first-order chi connectivity index (χ1) is 5.04. The predicted molar refractivity (Wildman–Crippen MR) is 56.9 cm³/mol. The average Bonchev–Trinajstić information content (AvgIpc) is 2.32. The van der Waals surface area contributed by atoms with Gasteiger partial charge in [-0.15, -0.1) is 0 Å². The molecule has 11 heavy (non-hydrogen) atoms. The zero-order valence-corrected chi connectivity index (χ0v) is 11.8.